The number of benzene rings is 1. The molecule has 6 nitrogen and oxygen atoms in total. The van der Waals surface area contributed by atoms with Gasteiger partial charge in [-0.2, -0.15) is 0 Å². The van der Waals surface area contributed by atoms with Crippen LogP contribution in [0.4, 0.5) is 0 Å². The highest BCUT2D eigenvalue weighted by molar-refractivity contribution is 7.92. The van der Waals surface area contributed by atoms with Gasteiger partial charge in [0.05, 0.1) is 5.75 Å². The van der Waals surface area contributed by atoms with Gasteiger partial charge in [0.15, 0.2) is 15.1 Å². The van der Waals surface area contributed by atoms with Gasteiger partial charge in [-0.25, -0.2) is 8.42 Å². The zero-order valence-corrected chi connectivity index (χ0v) is 19.8. The number of sulfone groups is 1. The van der Waals surface area contributed by atoms with E-state index in [1.807, 2.05) is 6.92 Å². The van der Waals surface area contributed by atoms with Gasteiger partial charge in [-0.05, 0) is 56.8 Å². The summed E-state index contributed by atoms with van der Waals surface area (Å²) in [5, 5.41) is 11.6. The zero-order chi connectivity index (χ0) is 22.7. The highest BCUT2D eigenvalue weighted by Crippen LogP contribution is 2.20. The lowest BCUT2D eigenvalue weighted by Gasteiger charge is -2.29. The summed E-state index contributed by atoms with van der Waals surface area (Å²) in [6.45, 7) is 5.20. The molecule has 0 saturated carbocycles. The molecular formula is C24H39NO5S. The number of piperidine rings is 1. The SMILES string of the molecule is CCCCCCCCS(=O)(=O)C(Cc1ccc(OC(C)C2CCCCN2)cc1)C(=O)O. The molecule has 0 aliphatic carbocycles. The van der Waals surface area contributed by atoms with Gasteiger partial charge < -0.3 is 15.2 Å². The Morgan fingerprint density at radius 2 is 1.81 bits per heavy atom. The third kappa shape index (κ3) is 8.81. The average Bonchev–Trinajstić information content (AvgIpc) is 2.75. The van der Waals surface area contributed by atoms with Gasteiger partial charge in [-0.1, -0.05) is 57.6 Å². The van der Waals surface area contributed by atoms with Crippen LogP contribution in [0.25, 0.3) is 0 Å². The molecule has 0 bridgehead atoms. The van der Waals surface area contributed by atoms with Crippen molar-refractivity contribution in [1.82, 2.24) is 5.32 Å². The van der Waals surface area contributed by atoms with Crippen LogP contribution in [0.15, 0.2) is 24.3 Å². The third-order valence-corrected chi connectivity index (χ3v) is 8.17. The Balaban J connectivity index is 1.89. The highest BCUT2D eigenvalue weighted by Gasteiger charge is 2.32. The molecule has 176 valence electrons. The van der Waals surface area contributed by atoms with Crippen LogP contribution in [-0.4, -0.2) is 49.2 Å². The second-order valence-corrected chi connectivity index (χ2v) is 11.0. The van der Waals surface area contributed by atoms with Crippen LogP contribution in [0.1, 0.15) is 77.2 Å². The molecule has 3 unspecified atom stereocenters. The minimum atomic E-state index is -3.70. The summed E-state index contributed by atoms with van der Waals surface area (Å²) in [7, 11) is -3.70. The van der Waals surface area contributed by atoms with Crippen LogP contribution < -0.4 is 10.1 Å². The number of carboxylic acids is 1. The summed E-state index contributed by atoms with van der Waals surface area (Å²) >= 11 is 0. The molecule has 1 aromatic rings. The van der Waals surface area contributed by atoms with E-state index >= 15 is 0 Å². The zero-order valence-electron chi connectivity index (χ0n) is 19.0. The summed E-state index contributed by atoms with van der Waals surface area (Å²) in [6, 6.07) is 7.47. The maximum atomic E-state index is 12.6. The van der Waals surface area contributed by atoms with Crippen molar-refractivity contribution in [2.75, 3.05) is 12.3 Å². The first-order valence-corrected chi connectivity index (χ1v) is 13.5. The fourth-order valence-electron chi connectivity index (χ4n) is 4.09. The molecule has 1 saturated heterocycles. The van der Waals surface area contributed by atoms with Crippen LogP contribution >= 0.6 is 0 Å². The van der Waals surface area contributed by atoms with Crippen LogP contribution in [0.2, 0.25) is 0 Å². The lowest BCUT2D eigenvalue weighted by atomic mass is 10.0. The van der Waals surface area contributed by atoms with Gasteiger partial charge in [0, 0.05) is 6.04 Å². The fraction of sp³-hybridized carbons (Fsp3) is 0.708. The molecule has 7 heteroatoms. The van der Waals surface area contributed by atoms with Crippen LogP contribution in [-0.2, 0) is 21.1 Å². The van der Waals surface area contributed by atoms with Gasteiger partial charge in [0.2, 0.25) is 0 Å². The van der Waals surface area contributed by atoms with Gasteiger partial charge in [0.25, 0.3) is 0 Å². The molecule has 1 aliphatic heterocycles. The first-order valence-electron chi connectivity index (χ1n) is 11.8. The van der Waals surface area contributed by atoms with Crippen molar-refractivity contribution in [3.8, 4) is 5.75 Å². The molecule has 2 N–H and O–H groups in total. The van der Waals surface area contributed by atoms with E-state index < -0.39 is 21.1 Å². The second-order valence-electron chi connectivity index (χ2n) is 8.69. The van der Waals surface area contributed by atoms with E-state index in [-0.39, 0.29) is 18.3 Å². The van der Waals surface area contributed by atoms with Crippen molar-refractivity contribution in [1.29, 1.82) is 0 Å². The fourth-order valence-corrected chi connectivity index (χ4v) is 5.73. The standard InChI is InChI=1S/C24H39NO5S/c1-3-4-5-6-7-10-17-31(28,29)23(24(26)27)18-20-12-14-21(15-13-20)30-19(2)22-11-8-9-16-25-22/h12-15,19,22-23,25H,3-11,16-18H2,1-2H3,(H,26,27). The van der Waals surface area contributed by atoms with E-state index in [2.05, 4.69) is 12.2 Å². The Labute approximate surface area is 187 Å². The number of ether oxygens (including phenoxy) is 1. The van der Waals surface area contributed by atoms with Crippen LogP contribution in [0, 0.1) is 0 Å². The summed E-state index contributed by atoms with van der Waals surface area (Å²) in [4.78, 5) is 11.7. The van der Waals surface area contributed by atoms with E-state index in [1.165, 1.54) is 12.8 Å². The van der Waals surface area contributed by atoms with Gasteiger partial charge in [0.1, 0.15) is 11.9 Å². The van der Waals surface area contributed by atoms with E-state index in [0.29, 0.717) is 23.8 Å². The van der Waals surface area contributed by atoms with Crippen molar-refractivity contribution in [2.45, 2.75) is 95.5 Å². The lowest BCUT2D eigenvalue weighted by molar-refractivity contribution is -0.136. The largest absolute Gasteiger partial charge is 0.489 e. The Morgan fingerprint density at radius 1 is 1.13 bits per heavy atom. The van der Waals surface area contributed by atoms with E-state index in [1.54, 1.807) is 24.3 Å². The topological polar surface area (TPSA) is 92.7 Å². The number of hydrogen-bond acceptors (Lipinski definition) is 5. The predicted octanol–water partition coefficient (Wildman–Crippen LogP) is 4.37. The molecule has 1 fully saturated rings. The number of rotatable bonds is 14. The predicted molar refractivity (Wildman–Crippen MR) is 124 cm³/mol. The molecule has 0 spiro atoms. The highest BCUT2D eigenvalue weighted by atomic mass is 32.2. The Hall–Kier alpha value is -1.60. The molecule has 2 rings (SSSR count). The number of carboxylic acid groups (broad SMARTS) is 1. The summed E-state index contributed by atoms with van der Waals surface area (Å²) in [5.41, 5.74) is 0.690. The molecule has 31 heavy (non-hydrogen) atoms. The first kappa shape index (κ1) is 25.7. The summed E-state index contributed by atoms with van der Waals surface area (Å²) < 4.78 is 31.3. The Morgan fingerprint density at radius 3 is 2.42 bits per heavy atom. The first-order chi connectivity index (χ1) is 14.8. The number of hydrogen-bond donors (Lipinski definition) is 2. The van der Waals surface area contributed by atoms with Gasteiger partial charge in [-0.15, -0.1) is 0 Å². The van der Waals surface area contributed by atoms with E-state index in [9.17, 15) is 18.3 Å². The van der Waals surface area contributed by atoms with E-state index in [4.69, 9.17) is 4.74 Å². The van der Waals surface area contributed by atoms with Crippen molar-refractivity contribution in [3.63, 3.8) is 0 Å². The Kier molecular flexibility index (Phi) is 10.8. The smallest absolute Gasteiger partial charge is 0.322 e. The molecule has 0 amide bonds. The Bertz CT molecular complexity index is 757. The monoisotopic (exact) mass is 453 g/mol. The molecule has 0 aromatic heterocycles. The van der Waals surface area contributed by atoms with Gasteiger partial charge >= 0.3 is 5.97 Å². The third-order valence-electron chi connectivity index (χ3n) is 6.07. The van der Waals surface area contributed by atoms with E-state index in [0.717, 1.165) is 45.1 Å². The minimum absolute atomic E-state index is 0.0203. The lowest BCUT2D eigenvalue weighted by Crippen LogP contribution is -2.44. The quantitative estimate of drug-likeness (QED) is 0.407. The molecular weight excluding hydrogens is 414 g/mol. The summed E-state index contributed by atoms with van der Waals surface area (Å²) in [5.74, 6) is -0.628. The maximum Gasteiger partial charge on any atom is 0.322 e. The summed E-state index contributed by atoms with van der Waals surface area (Å²) in [6.07, 6.45) is 9.25. The van der Waals surface area contributed by atoms with Gasteiger partial charge in [-0.3, -0.25) is 4.79 Å². The molecule has 1 heterocycles. The van der Waals surface area contributed by atoms with Crippen molar-refractivity contribution >= 4 is 15.8 Å². The number of nitrogens with one attached hydrogen (secondary N) is 1. The van der Waals surface area contributed by atoms with Crippen molar-refractivity contribution < 1.29 is 23.1 Å². The molecule has 1 aromatic carbocycles. The minimum Gasteiger partial charge on any atom is -0.489 e. The number of unbranched alkanes of at least 4 members (excludes halogenated alkanes) is 5. The second kappa shape index (κ2) is 13.1. The van der Waals surface area contributed by atoms with Crippen molar-refractivity contribution in [3.05, 3.63) is 29.8 Å². The van der Waals surface area contributed by atoms with Crippen LogP contribution in [0.3, 0.4) is 0 Å². The molecule has 3 atom stereocenters. The van der Waals surface area contributed by atoms with Crippen LogP contribution in [0.5, 0.6) is 5.75 Å². The average molecular weight is 454 g/mol. The maximum absolute atomic E-state index is 12.6. The normalized spacial score (nSPS) is 19.0. The number of aliphatic carboxylic acids is 1. The molecule has 0 radical (unpaired) electrons. The van der Waals surface area contributed by atoms with Crippen molar-refractivity contribution in [2.24, 2.45) is 0 Å². The number of carbonyl (C=O) groups is 1. The molecule has 1 aliphatic rings.